The van der Waals surface area contributed by atoms with Crippen molar-refractivity contribution in [3.05, 3.63) is 35.6 Å². The highest BCUT2D eigenvalue weighted by Crippen LogP contribution is 2.34. The molecule has 0 spiro atoms. The summed E-state index contributed by atoms with van der Waals surface area (Å²) in [5, 5.41) is 6.63. The maximum atomic E-state index is 13.4. The second kappa shape index (κ2) is 11.7. The van der Waals surface area contributed by atoms with E-state index in [1.165, 1.54) is 12.1 Å². The molecule has 2 saturated heterocycles. The molecule has 2 fully saturated rings. The number of hydrogen-bond donors (Lipinski definition) is 2. The van der Waals surface area contributed by atoms with E-state index in [2.05, 4.69) is 15.6 Å². The molecule has 2 N–H and O–H groups in total. The second-order valence-corrected chi connectivity index (χ2v) is 7.54. The maximum Gasteiger partial charge on any atom is 0.244 e. The van der Waals surface area contributed by atoms with Crippen LogP contribution < -0.4 is 10.6 Å². The summed E-state index contributed by atoms with van der Waals surface area (Å²) in [6.07, 6.45) is 3.88. The van der Waals surface area contributed by atoms with Gasteiger partial charge in [0.15, 0.2) is 5.96 Å². The van der Waals surface area contributed by atoms with Gasteiger partial charge in [0.1, 0.15) is 12.4 Å². The Morgan fingerprint density at radius 2 is 1.83 bits per heavy atom. The van der Waals surface area contributed by atoms with Gasteiger partial charge in [0.25, 0.3) is 0 Å². The summed E-state index contributed by atoms with van der Waals surface area (Å²) in [4.78, 5) is 18.7. The molecule has 3 rings (SSSR count). The summed E-state index contributed by atoms with van der Waals surface area (Å²) in [5.74, 6) is 0.492. The van der Waals surface area contributed by atoms with Crippen molar-refractivity contribution < 1.29 is 13.9 Å². The van der Waals surface area contributed by atoms with Gasteiger partial charge < -0.3 is 20.3 Å². The van der Waals surface area contributed by atoms with Crippen molar-refractivity contribution >= 4 is 35.8 Å². The lowest BCUT2D eigenvalue weighted by atomic mass is 9.74. The molecule has 0 saturated carbocycles. The van der Waals surface area contributed by atoms with Gasteiger partial charge in [-0.3, -0.25) is 4.79 Å². The van der Waals surface area contributed by atoms with Crippen LogP contribution in [0, 0.1) is 5.82 Å². The Bertz CT molecular complexity index is 672. The lowest BCUT2D eigenvalue weighted by Gasteiger charge is -2.38. The number of rotatable bonds is 6. The van der Waals surface area contributed by atoms with Crippen LogP contribution in [0.15, 0.2) is 29.3 Å². The van der Waals surface area contributed by atoms with Crippen molar-refractivity contribution in [1.82, 2.24) is 15.5 Å². The largest absolute Gasteiger partial charge is 0.381 e. The minimum atomic E-state index is -0.228. The highest BCUT2D eigenvalue weighted by Gasteiger charge is 2.34. The van der Waals surface area contributed by atoms with Gasteiger partial charge in [0.05, 0.1) is 0 Å². The SMILES string of the molecule is CCNC(=NCC(=O)N1CCCC1)NCC1(c2ccc(F)cc2)CCOCC1.I. The van der Waals surface area contributed by atoms with Crippen LogP contribution in [-0.2, 0) is 14.9 Å². The molecule has 0 unspecified atom stereocenters. The number of guanidine groups is 1. The first kappa shape index (κ1) is 23.9. The average molecular weight is 518 g/mol. The normalized spacial score (nSPS) is 18.8. The second-order valence-electron chi connectivity index (χ2n) is 7.54. The molecule has 2 aliphatic rings. The molecule has 1 aromatic rings. The molecule has 0 atom stereocenters. The number of hydrogen-bond acceptors (Lipinski definition) is 3. The Labute approximate surface area is 189 Å². The van der Waals surface area contributed by atoms with Crippen LogP contribution >= 0.6 is 24.0 Å². The first-order valence-electron chi connectivity index (χ1n) is 10.3. The van der Waals surface area contributed by atoms with Crippen LogP contribution in [0.25, 0.3) is 0 Å². The highest BCUT2D eigenvalue weighted by molar-refractivity contribution is 14.0. The van der Waals surface area contributed by atoms with Crippen LogP contribution in [-0.4, -0.2) is 62.7 Å². The number of likely N-dealkylation sites (tertiary alicyclic amines) is 1. The van der Waals surface area contributed by atoms with Crippen LogP contribution in [0.5, 0.6) is 0 Å². The summed E-state index contributed by atoms with van der Waals surface area (Å²) in [6.45, 7) is 6.58. The molecule has 6 nitrogen and oxygen atoms in total. The van der Waals surface area contributed by atoms with E-state index in [9.17, 15) is 9.18 Å². The van der Waals surface area contributed by atoms with Crippen molar-refractivity contribution in [2.75, 3.05) is 45.9 Å². The molecule has 0 bridgehead atoms. The Hall–Kier alpha value is -1.42. The third-order valence-corrected chi connectivity index (χ3v) is 5.68. The Kier molecular flexibility index (Phi) is 9.61. The molecule has 162 valence electrons. The monoisotopic (exact) mass is 518 g/mol. The number of amides is 1. The number of nitrogens with one attached hydrogen (secondary N) is 2. The van der Waals surface area contributed by atoms with Gasteiger partial charge in [-0.15, -0.1) is 24.0 Å². The zero-order valence-electron chi connectivity index (χ0n) is 17.1. The smallest absolute Gasteiger partial charge is 0.244 e. The quantitative estimate of drug-likeness (QED) is 0.346. The molecule has 1 aromatic carbocycles. The first-order chi connectivity index (χ1) is 13.6. The van der Waals surface area contributed by atoms with Gasteiger partial charge in [-0.2, -0.15) is 0 Å². The fourth-order valence-corrected chi connectivity index (χ4v) is 3.94. The molecule has 8 heteroatoms. The van der Waals surface area contributed by atoms with Crippen molar-refractivity contribution in [1.29, 1.82) is 0 Å². The molecule has 0 radical (unpaired) electrons. The molecule has 1 amide bonds. The van der Waals surface area contributed by atoms with Crippen molar-refractivity contribution in [3.63, 3.8) is 0 Å². The van der Waals surface area contributed by atoms with Crippen LogP contribution in [0.2, 0.25) is 0 Å². The predicted octanol–water partition coefficient (Wildman–Crippen LogP) is 2.67. The minimum absolute atomic E-state index is 0. The molecule has 29 heavy (non-hydrogen) atoms. The van der Waals surface area contributed by atoms with E-state index in [1.807, 2.05) is 24.0 Å². The number of nitrogens with zero attached hydrogens (tertiary/aromatic N) is 2. The lowest BCUT2D eigenvalue weighted by molar-refractivity contribution is -0.128. The fourth-order valence-electron chi connectivity index (χ4n) is 3.94. The number of halogens is 2. The lowest BCUT2D eigenvalue weighted by Crippen LogP contribution is -2.48. The van der Waals surface area contributed by atoms with Crippen molar-refractivity contribution in [2.24, 2.45) is 4.99 Å². The van der Waals surface area contributed by atoms with Crippen LogP contribution in [0.3, 0.4) is 0 Å². The molecular weight excluding hydrogens is 486 g/mol. The summed E-state index contributed by atoms with van der Waals surface area (Å²) in [6, 6.07) is 6.76. The number of carbonyl (C=O) groups is 1. The van der Waals surface area contributed by atoms with Gasteiger partial charge >= 0.3 is 0 Å². The summed E-state index contributed by atoms with van der Waals surface area (Å²) in [7, 11) is 0. The summed E-state index contributed by atoms with van der Waals surface area (Å²) in [5.41, 5.74) is 0.967. The molecule has 2 heterocycles. The number of ether oxygens (including phenoxy) is 1. The maximum absolute atomic E-state index is 13.4. The third-order valence-electron chi connectivity index (χ3n) is 5.68. The van der Waals surface area contributed by atoms with E-state index in [-0.39, 0.29) is 47.7 Å². The summed E-state index contributed by atoms with van der Waals surface area (Å²) < 4.78 is 19.0. The number of aliphatic imine (C=N–C) groups is 1. The number of carbonyl (C=O) groups excluding carboxylic acids is 1. The Morgan fingerprint density at radius 1 is 1.17 bits per heavy atom. The van der Waals surface area contributed by atoms with Crippen molar-refractivity contribution in [2.45, 2.75) is 38.0 Å². The molecule has 0 aliphatic carbocycles. The molecule has 0 aromatic heterocycles. The first-order valence-corrected chi connectivity index (χ1v) is 10.3. The van der Waals surface area contributed by atoms with E-state index < -0.39 is 0 Å². The molecule has 2 aliphatic heterocycles. The zero-order chi connectivity index (χ0) is 19.8. The summed E-state index contributed by atoms with van der Waals surface area (Å²) >= 11 is 0. The van der Waals surface area contributed by atoms with Gasteiger partial charge in [0, 0.05) is 44.8 Å². The highest BCUT2D eigenvalue weighted by atomic mass is 127. The van der Waals surface area contributed by atoms with E-state index in [4.69, 9.17) is 4.74 Å². The fraction of sp³-hybridized carbons (Fsp3) is 0.619. The van der Waals surface area contributed by atoms with E-state index in [0.29, 0.717) is 25.7 Å². The van der Waals surface area contributed by atoms with Gasteiger partial charge in [-0.25, -0.2) is 9.38 Å². The standard InChI is InChI=1S/C21H31FN4O2.HI/c1-2-23-20(24-15-19(27)26-11-3-4-12-26)25-16-21(9-13-28-14-10-21)17-5-7-18(22)8-6-17;/h5-8H,2-4,9-16H2,1H3,(H2,23,24,25);1H. The van der Waals surface area contributed by atoms with Crippen molar-refractivity contribution in [3.8, 4) is 0 Å². The minimum Gasteiger partial charge on any atom is -0.381 e. The Balaban J connectivity index is 0.00000300. The number of benzene rings is 1. The topological polar surface area (TPSA) is 66.0 Å². The van der Waals surface area contributed by atoms with Crippen LogP contribution in [0.4, 0.5) is 4.39 Å². The van der Waals surface area contributed by atoms with Gasteiger partial charge in [-0.05, 0) is 50.3 Å². The predicted molar refractivity (Wildman–Crippen MR) is 123 cm³/mol. The van der Waals surface area contributed by atoms with E-state index in [1.54, 1.807) is 0 Å². The molecular formula is C21H32FIN4O2. The Morgan fingerprint density at radius 3 is 2.45 bits per heavy atom. The van der Waals surface area contributed by atoms with E-state index in [0.717, 1.165) is 50.9 Å². The van der Waals surface area contributed by atoms with Gasteiger partial charge in [-0.1, -0.05) is 12.1 Å². The zero-order valence-corrected chi connectivity index (χ0v) is 19.4. The average Bonchev–Trinajstić information content (AvgIpc) is 3.26. The van der Waals surface area contributed by atoms with E-state index >= 15 is 0 Å². The third kappa shape index (κ3) is 6.53. The van der Waals surface area contributed by atoms with Crippen LogP contribution in [0.1, 0.15) is 38.2 Å². The van der Waals surface area contributed by atoms with Gasteiger partial charge in [0.2, 0.25) is 5.91 Å².